The number of ether oxygens (including phenoxy) is 1. The van der Waals surface area contributed by atoms with Gasteiger partial charge in [-0.15, -0.1) is 0 Å². The Balaban J connectivity index is 1.27. The molecule has 0 aliphatic carbocycles. The Hall–Kier alpha value is -3.27. The molecule has 5 rings (SSSR count). The van der Waals surface area contributed by atoms with Crippen molar-refractivity contribution in [2.75, 3.05) is 19.7 Å². The second-order valence-corrected chi connectivity index (χ2v) is 7.30. The highest BCUT2D eigenvalue weighted by atomic mass is 16.5. The SMILES string of the molecule is O=C(NCC1CCCO1)c1n[nH]c2c1CCN(C(=O)c1cc3ncccn3n1)C2. The lowest BCUT2D eigenvalue weighted by molar-refractivity contribution is 0.0726. The molecule has 2 aliphatic rings. The zero-order valence-electron chi connectivity index (χ0n) is 15.8. The summed E-state index contributed by atoms with van der Waals surface area (Å²) in [6.45, 7) is 2.11. The molecule has 29 heavy (non-hydrogen) atoms. The molecule has 3 aromatic rings. The van der Waals surface area contributed by atoms with Crippen molar-refractivity contribution in [2.45, 2.75) is 31.9 Å². The maximum atomic E-state index is 12.9. The molecule has 0 radical (unpaired) electrons. The molecule has 150 valence electrons. The average molecular weight is 395 g/mol. The summed E-state index contributed by atoms with van der Waals surface area (Å²) in [5.41, 5.74) is 3.04. The van der Waals surface area contributed by atoms with E-state index in [-0.39, 0.29) is 17.9 Å². The number of hydrogen-bond acceptors (Lipinski definition) is 6. The third kappa shape index (κ3) is 3.35. The van der Waals surface area contributed by atoms with E-state index in [4.69, 9.17) is 4.74 Å². The molecule has 1 fully saturated rings. The highest BCUT2D eigenvalue weighted by Crippen LogP contribution is 2.22. The first kappa shape index (κ1) is 17.8. The van der Waals surface area contributed by atoms with E-state index in [2.05, 4.69) is 25.6 Å². The van der Waals surface area contributed by atoms with Gasteiger partial charge in [0.05, 0.1) is 18.3 Å². The van der Waals surface area contributed by atoms with E-state index in [9.17, 15) is 9.59 Å². The van der Waals surface area contributed by atoms with Gasteiger partial charge in [0.2, 0.25) is 0 Å². The maximum absolute atomic E-state index is 12.9. The number of aromatic nitrogens is 5. The first-order valence-corrected chi connectivity index (χ1v) is 9.74. The Labute approximate surface area is 166 Å². The third-order valence-electron chi connectivity index (χ3n) is 5.41. The minimum absolute atomic E-state index is 0.0850. The molecule has 1 unspecified atom stereocenters. The van der Waals surface area contributed by atoms with Gasteiger partial charge in [-0.3, -0.25) is 14.7 Å². The number of amides is 2. The Morgan fingerprint density at radius 2 is 2.31 bits per heavy atom. The molecule has 2 aliphatic heterocycles. The van der Waals surface area contributed by atoms with Crippen LogP contribution in [0.4, 0.5) is 0 Å². The van der Waals surface area contributed by atoms with E-state index in [1.54, 1.807) is 33.9 Å². The zero-order chi connectivity index (χ0) is 19.8. The molecular formula is C19H21N7O3. The summed E-state index contributed by atoms with van der Waals surface area (Å²) in [6.07, 6.45) is 6.06. The molecule has 2 amide bonds. The van der Waals surface area contributed by atoms with Crippen LogP contribution in [0.15, 0.2) is 24.5 Å². The molecule has 0 saturated carbocycles. The van der Waals surface area contributed by atoms with Crippen LogP contribution in [0.1, 0.15) is 45.1 Å². The van der Waals surface area contributed by atoms with Gasteiger partial charge in [0, 0.05) is 43.7 Å². The Morgan fingerprint density at radius 3 is 3.14 bits per heavy atom. The lowest BCUT2D eigenvalue weighted by atomic mass is 10.0. The number of carbonyl (C=O) groups is 2. The number of H-pyrrole nitrogens is 1. The topological polar surface area (TPSA) is 118 Å². The summed E-state index contributed by atoms with van der Waals surface area (Å²) in [5.74, 6) is -0.371. The van der Waals surface area contributed by atoms with Crippen molar-refractivity contribution in [1.29, 1.82) is 0 Å². The average Bonchev–Trinajstić information content (AvgIpc) is 3.50. The first-order valence-electron chi connectivity index (χ1n) is 9.74. The Kier molecular flexibility index (Phi) is 4.47. The number of fused-ring (bicyclic) bond motifs is 2. The molecule has 1 saturated heterocycles. The van der Waals surface area contributed by atoms with E-state index in [0.717, 1.165) is 30.7 Å². The maximum Gasteiger partial charge on any atom is 0.274 e. The normalized spacial score (nSPS) is 18.8. The lowest BCUT2D eigenvalue weighted by Crippen LogP contribution is -2.37. The summed E-state index contributed by atoms with van der Waals surface area (Å²) in [7, 11) is 0. The van der Waals surface area contributed by atoms with E-state index >= 15 is 0 Å². The fourth-order valence-corrected chi connectivity index (χ4v) is 3.87. The monoisotopic (exact) mass is 395 g/mol. The fraction of sp³-hybridized carbons (Fsp3) is 0.421. The molecule has 2 N–H and O–H groups in total. The van der Waals surface area contributed by atoms with Gasteiger partial charge in [-0.1, -0.05) is 0 Å². The fourth-order valence-electron chi connectivity index (χ4n) is 3.87. The van der Waals surface area contributed by atoms with Crippen molar-refractivity contribution < 1.29 is 14.3 Å². The van der Waals surface area contributed by atoms with Crippen molar-refractivity contribution in [1.82, 2.24) is 35.0 Å². The molecular weight excluding hydrogens is 374 g/mol. The Bertz CT molecular complexity index is 1030. The van der Waals surface area contributed by atoms with Crippen LogP contribution in [0.2, 0.25) is 0 Å². The third-order valence-corrected chi connectivity index (χ3v) is 5.41. The minimum atomic E-state index is -0.204. The number of aromatic amines is 1. The lowest BCUT2D eigenvalue weighted by Gasteiger charge is -2.26. The van der Waals surface area contributed by atoms with Crippen LogP contribution in [-0.2, 0) is 17.7 Å². The predicted molar refractivity (Wildman–Crippen MR) is 101 cm³/mol. The number of nitrogens with one attached hydrogen (secondary N) is 2. The van der Waals surface area contributed by atoms with Crippen LogP contribution in [0.25, 0.3) is 5.65 Å². The summed E-state index contributed by atoms with van der Waals surface area (Å²) < 4.78 is 7.12. The van der Waals surface area contributed by atoms with Crippen LogP contribution < -0.4 is 5.32 Å². The van der Waals surface area contributed by atoms with Crippen LogP contribution >= 0.6 is 0 Å². The first-order chi connectivity index (χ1) is 14.2. The second kappa shape index (κ2) is 7.28. The van der Waals surface area contributed by atoms with Crippen molar-refractivity contribution >= 4 is 17.5 Å². The van der Waals surface area contributed by atoms with E-state index < -0.39 is 0 Å². The van der Waals surface area contributed by atoms with Crippen LogP contribution in [0.5, 0.6) is 0 Å². The van der Waals surface area contributed by atoms with Gasteiger partial charge in [-0.05, 0) is 25.3 Å². The molecule has 0 aromatic carbocycles. The summed E-state index contributed by atoms with van der Waals surface area (Å²) in [6, 6.07) is 3.44. The van der Waals surface area contributed by atoms with Gasteiger partial charge in [-0.2, -0.15) is 10.2 Å². The van der Waals surface area contributed by atoms with E-state index in [1.807, 2.05) is 0 Å². The van der Waals surface area contributed by atoms with Gasteiger partial charge < -0.3 is 15.0 Å². The van der Waals surface area contributed by atoms with Crippen LogP contribution in [0, 0.1) is 0 Å². The number of hydrogen-bond donors (Lipinski definition) is 2. The van der Waals surface area contributed by atoms with Gasteiger partial charge in [0.15, 0.2) is 17.0 Å². The molecule has 10 nitrogen and oxygen atoms in total. The van der Waals surface area contributed by atoms with Crippen molar-refractivity contribution in [3.63, 3.8) is 0 Å². The van der Waals surface area contributed by atoms with Crippen LogP contribution in [0.3, 0.4) is 0 Å². The standard InChI is InChI=1S/C19H21N7O3/c27-18(21-10-12-3-1-8-29-12)17-13-4-7-25(11-15(13)22-23-17)19(28)14-9-16-20-5-2-6-26(16)24-14/h2,5-6,9,12H,1,3-4,7-8,10-11H2,(H,21,27)(H,22,23). The van der Waals surface area contributed by atoms with Gasteiger partial charge >= 0.3 is 0 Å². The molecule has 0 bridgehead atoms. The van der Waals surface area contributed by atoms with Crippen LogP contribution in [-0.4, -0.2) is 67.3 Å². The van der Waals surface area contributed by atoms with Gasteiger partial charge in [0.25, 0.3) is 11.8 Å². The zero-order valence-corrected chi connectivity index (χ0v) is 15.8. The smallest absolute Gasteiger partial charge is 0.274 e. The number of nitrogens with zero attached hydrogens (tertiary/aromatic N) is 5. The van der Waals surface area contributed by atoms with Gasteiger partial charge in [-0.25, -0.2) is 9.50 Å². The molecule has 3 aromatic heterocycles. The highest BCUT2D eigenvalue weighted by Gasteiger charge is 2.29. The predicted octanol–water partition coefficient (Wildman–Crippen LogP) is 0.560. The van der Waals surface area contributed by atoms with Crippen molar-refractivity contribution in [3.8, 4) is 0 Å². The molecule has 0 spiro atoms. The molecule has 5 heterocycles. The summed E-state index contributed by atoms with van der Waals surface area (Å²) in [5, 5.41) is 14.3. The minimum Gasteiger partial charge on any atom is -0.376 e. The summed E-state index contributed by atoms with van der Waals surface area (Å²) in [4.78, 5) is 31.3. The number of carbonyl (C=O) groups excluding carboxylic acids is 2. The van der Waals surface area contributed by atoms with Gasteiger partial charge in [0.1, 0.15) is 0 Å². The van der Waals surface area contributed by atoms with Crippen molar-refractivity contribution in [2.24, 2.45) is 0 Å². The molecule has 1 atom stereocenters. The molecule has 10 heteroatoms. The Morgan fingerprint density at radius 1 is 1.38 bits per heavy atom. The van der Waals surface area contributed by atoms with Crippen molar-refractivity contribution in [3.05, 3.63) is 47.2 Å². The second-order valence-electron chi connectivity index (χ2n) is 7.30. The van der Waals surface area contributed by atoms with E-state index in [1.165, 1.54) is 0 Å². The highest BCUT2D eigenvalue weighted by molar-refractivity contribution is 5.95. The van der Waals surface area contributed by atoms with E-state index in [0.29, 0.717) is 43.1 Å². The largest absolute Gasteiger partial charge is 0.376 e. The number of rotatable bonds is 4. The quantitative estimate of drug-likeness (QED) is 0.667. The summed E-state index contributed by atoms with van der Waals surface area (Å²) >= 11 is 0.